The molecule has 0 unspecified atom stereocenters. The molecule has 0 aliphatic carbocycles. The Morgan fingerprint density at radius 1 is 1.19 bits per heavy atom. The number of hydrogen-bond donors (Lipinski definition) is 0. The molecule has 0 radical (unpaired) electrons. The van der Waals surface area contributed by atoms with Gasteiger partial charge in [0.2, 0.25) is 15.9 Å². The SMILES string of the molecule is Cc1ccc(S(=O)(=O)N2CCC(Oc3ncccc3C)CC2)cc1[N+](=O)[O-]. The molecule has 0 spiro atoms. The maximum Gasteiger partial charge on any atom is 0.273 e. The fraction of sp³-hybridized carbons (Fsp3) is 0.389. The Kier molecular flexibility index (Phi) is 5.43. The van der Waals surface area contributed by atoms with Gasteiger partial charge in [0.05, 0.1) is 9.82 Å². The Balaban J connectivity index is 1.71. The van der Waals surface area contributed by atoms with Gasteiger partial charge in [-0.25, -0.2) is 13.4 Å². The van der Waals surface area contributed by atoms with E-state index in [1.165, 1.54) is 16.4 Å². The predicted octanol–water partition coefficient (Wildman–Crippen LogP) is 2.84. The van der Waals surface area contributed by atoms with Crippen molar-refractivity contribution in [3.8, 4) is 5.88 Å². The smallest absolute Gasteiger partial charge is 0.273 e. The Morgan fingerprint density at radius 2 is 1.89 bits per heavy atom. The molecule has 1 fully saturated rings. The Bertz CT molecular complexity index is 953. The van der Waals surface area contributed by atoms with Crippen LogP contribution in [0.15, 0.2) is 41.4 Å². The second-order valence-corrected chi connectivity index (χ2v) is 8.49. The summed E-state index contributed by atoms with van der Waals surface area (Å²) >= 11 is 0. The van der Waals surface area contributed by atoms with Gasteiger partial charge in [0.25, 0.3) is 5.69 Å². The first-order chi connectivity index (χ1) is 12.8. The summed E-state index contributed by atoms with van der Waals surface area (Å²) < 4.78 is 32.9. The van der Waals surface area contributed by atoms with Crippen molar-refractivity contribution < 1.29 is 18.1 Å². The van der Waals surface area contributed by atoms with Crippen molar-refractivity contribution in [3.63, 3.8) is 0 Å². The minimum absolute atomic E-state index is 0.0558. The second-order valence-electron chi connectivity index (χ2n) is 6.55. The quantitative estimate of drug-likeness (QED) is 0.574. The summed E-state index contributed by atoms with van der Waals surface area (Å²) in [6.45, 7) is 4.07. The fourth-order valence-corrected chi connectivity index (χ4v) is 4.53. The van der Waals surface area contributed by atoms with Crippen LogP contribution >= 0.6 is 0 Å². The summed E-state index contributed by atoms with van der Waals surface area (Å²) in [7, 11) is -3.78. The molecule has 27 heavy (non-hydrogen) atoms. The van der Waals surface area contributed by atoms with Crippen LogP contribution in [-0.2, 0) is 10.0 Å². The monoisotopic (exact) mass is 391 g/mol. The normalized spacial score (nSPS) is 16.2. The topological polar surface area (TPSA) is 103 Å². The first-order valence-electron chi connectivity index (χ1n) is 8.62. The van der Waals surface area contributed by atoms with Crippen molar-refractivity contribution in [2.45, 2.75) is 37.7 Å². The largest absolute Gasteiger partial charge is 0.474 e. The number of nitro groups is 1. The molecule has 2 aromatic rings. The lowest BCUT2D eigenvalue weighted by Gasteiger charge is -2.31. The van der Waals surface area contributed by atoms with Crippen molar-refractivity contribution in [3.05, 3.63) is 57.8 Å². The summed E-state index contributed by atoms with van der Waals surface area (Å²) in [4.78, 5) is 14.7. The van der Waals surface area contributed by atoms with Gasteiger partial charge in [-0.05, 0) is 38.8 Å². The molecule has 0 bridgehead atoms. The van der Waals surface area contributed by atoms with Gasteiger partial charge >= 0.3 is 0 Å². The third-order valence-electron chi connectivity index (χ3n) is 4.66. The molecule has 3 rings (SSSR count). The summed E-state index contributed by atoms with van der Waals surface area (Å²) in [6, 6.07) is 7.75. The molecule has 0 atom stereocenters. The summed E-state index contributed by atoms with van der Waals surface area (Å²) in [6.07, 6.45) is 2.61. The van der Waals surface area contributed by atoms with Gasteiger partial charge in [0, 0.05) is 36.5 Å². The van der Waals surface area contributed by atoms with Gasteiger partial charge in [-0.15, -0.1) is 0 Å². The van der Waals surface area contributed by atoms with Crippen LogP contribution in [0, 0.1) is 24.0 Å². The number of ether oxygens (including phenoxy) is 1. The van der Waals surface area contributed by atoms with Gasteiger partial charge < -0.3 is 4.74 Å². The highest BCUT2D eigenvalue weighted by Gasteiger charge is 2.31. The zero-order valence-corrected chi connectivity index (χ0v) is 16.0. The first kappa shape index (κ1) is 19.2. The molecule has 0 N–H and O–H groups in total. The van der Waals surface area contributed by atoms with Gasteiger partial charge in [-0.2, -0.15) is 4.31 Å². The van der Waals surface area contributed by atoms with E-state index in [9.17, 15) is 18.5 Å². The van der Waals surface area contributed by atoms with Crippen LogP contribution in [0.2, 0.25) is 0 Å². The zero-order chi connectivity index (χ0) is 19.6. The third-order valence-corrected chi connectivity index (χ3v) is 6.55. The Morgan fingerprint density at radius 3 is 2.52 bits per heavy atom. The molecule has 1 aliphatic heterocycles. The number of benzene rings is 1. The number of hydrogen-bond acceptors (Lipinski definition) is 6. The average Bonchev–Trinajstić information content (AvgIpc) is 2.64. The molecule has 8 nitrogen and oxygen atoms in total. The van der Waals surface area contributed by atoms with E-state index in [2.05, 4.69) is 4.98 Å². The molecule has 1 saturated heterocycles. The van der Waals surface area contributed by atoms with E-state index in [0.29, 0.717) is 37.4 Å². The molecule has 0 amide bonds. The number of pyridine rings is 1. The van der Waals surface area contributed by atoms with Crippen LogP contribution in [-0.4, -0.2) is 41.8 Å². The van der Waals surface area contributed by atoms with Crippen LogP contribution < -0.4 is 4.74 Å². The van der Waals surface area contributed by atoms with Crippen molar-refractivity contribution >= 4 is 15.7 Å². The number of sulfonamides is 1. The number of aromatic nitrogens is 1. The minimum atomic E-state index is -3.78. The van der Waals surface area contributed by atoms with Crippen LogP contribution in [0.1, 0.15) is 24.0 Å². The van der Waals surface area contributed by atoms with Crippen LogP contribution in [0.25, 0.3) is 0 Å². The lowest BCUT2D eigenvalue weighted by Crippen LogP contribution is -2.41. The van der Waals surface area contributed by atoms with E-state index >= 15 is 0 Å². The average molecular weight is 391 g/mol. The zero-order valence-electron chi connectivity index (χ0n) is 15.2. The number of piperidine rings is 1. The van der Waals surface area contributed by atoms with Crippen LogP contribution in [0.4, 0.5) is 5.69 Å². The maximum absolute atomic E-state index is 12.8. The highest BCUT2D eigenvalue weighted by Crippen LogP contribution is 2.27. The van der Waals surface area contributed by atoms with Gasteiger partial charge in [0.1, 0.15) is 6.10 Å². The van der Waals surface area contributed by atoms with Gasteiger partial charge in [-0.1, -0.05) is 12.1 Å². The molecule has 0 saturated carbocycles. The fourth-order valence-electron chi connectivity index (χ4n) is 3.04. The molecule has 1 aromatic heterocycles. The standard InChI is InChI=1S/C18H21N3O5S/c1-13-5-6-16(12-17(13)21(22)23)27(24,25)20-10-7-15(8-11-20)26-18-14(2)4-3-9-19-18/h3-6,9,12,15H,7-8,10-11H2,1-2H3. The number of aryl methyl sites for hydroxylation is 2. The Labute approximate surface area is 158 Å². The van der Waals surface area contributed by atoms with Gasteiger partial charge in [0.15, 0.2) is 0 Å². The van der Waals surface area contributed by atoms with Gasteiger partial charge in [-0.3, -0.25) is 10.1 Å². The van der Waals surface area contributed by atoms with Crippen LogP contribution in [0.5, 0.6) is 5.88 Å². The summed E-state index contributed by atoms with van der Waals surface area (Å²) in [5.41, 5.74) is 1.16. The molecule has 9 heteroatoms. The van der Waals surface area contributed by atoms with E-state index < -0.39 is 14.9 Å². The Hall–Kier alpha value is -2.52. The second kappa shape index (κ2) is 7.61. The summed E-state index contributed by atoms with van der Waals surface area (Å²) in [5, 5.41) is 11.1. The molecule has 144 valence electrons. The van der Waals surface area contributed by atoms with Crippen molar-refractivity contribution in [2.24, 2.45) is 0 Å². The van der Waals surface area contributed by atoms with E-state index in [0.717, 1.165) is 11.6 Å². The van der Waals surface area contributed by atoms with E-state index in [4.69, 9.17) is 4.74 Å². The first-order valence-corrected chi connectivity index (χ1v) is 10.1. The van der Waals surface area contributed by atoms with E-state index in [1.54, 1.807) is 13.1 Å². The van der Waals surface area contributed by atoms with Crippen molar-refractivity contribution in [2.75, 3.05) is 13.1 Å². The van der Waals surface area contributed by atoms with Crippen LogP contribution in [0.3, 0.4) is 0 Å². The summed E-state index contributed by atoms with van der Waals surface area (Å²) in [5.74, 6) is 0.563. The van der Waals surface area contributed by atoms with E-state index in [-0.39, 0.29) is 16.7 Å². The molecular formula is C18H21N3O5S. The maximum atomic E-state index is 12.8. The lowest BCUT2D eigenvalue weighted by atomic mass is 10.1. The van der Waals surface area contributed by atoms with Crippen molar-refractivity contribution in [1.29, 1.82) is 0 Å². The predicted molar refractivity (Wildman–Crippen MR) is 99.2 cm³/mol. The third kappa shape index (κ3) is 4.09. The molecule has 2 heterocycles. The van der Waals surface area contributed by atoms with E-state index in [1.807, 2.05) is 19.1 Å². The highest BCUT2D eigenvalue weighted by atomic mass is 32.2. The highest BCUT2D eigenvalue weighted by molar-refractivity contribution is 7.89. The minimum Gasteiger partial charge on any atom is -0.474 e. The molecular weight excluding hydrogens is 370 g/mol. The lowest BCUT2D eigenvalue weighted by molar-refractivity contribution is -0.385. The number of nitrogens with zero attached hydrogens (tertiary/aromatic N) is 3. The molecule has 1 aliphatic rings. The van der Waals surface area contributed by atoms with Crippen molar-refractivity contribution in [1.82, 2.24) is 9.29 Å². The number of nitro benzene ring substituents is 1. The number of rotatable bonds is 5. The molecule has 1 aromatic carbocycles.